The van der Waals surface area contributed by atoms with Crippen molar-refractivity contribution in [3.8, 4) is 11.5 Å². The summed E-state index contributed by atoms with van der Waals surface area (Å²) in [6, 6.07) is 9.04. The molecular formula is C24H28FN3O6. The Bertz CT molecular complexity index is 1020. The fraction of sp³-hybridized carbons (Fsp3) is 0.333. The smallest absolute Gasteiger partial charge is 0.344 e. The maximum absolute atomic E-state index is 13.1. The number of nitrogens with zero attached hydrogens (tertiary/aromatic N) is 1. The third kappa shape index (κ3) is 7.88. The van der Waals surface area contributed by atoms with Gasteiger partial charge in [-0.15, -0.1) is 0 Å². The van der Waals surface area contributed by atoms with Gasteiger partial charge < -0.3 is 19.5 Å². The lowest BCUT2D eigenvalue weighted by Gasteiger charge is -2.20. The maximum Gasteiger partial charge on any atom is 0.344 e. The van der Waals surface area contributed by atoms with Crippen LogP contribution in [0.2, 0.25) is 0 Å². The van der Waals surface area contributed by atoms with Crippen LogP contribution >= 0.6 is 0 Å². The van der Waals surface area contributed by atoms with Crippen LogP contribution in [0.1, 0.15) is 36.7 Å². The van der Waals surface area contributed by atoms with Crippen LogP contribution in [0.25, 0.3) is 0 Å². The van der Waals surface area contributed by atoms with Crippen LogP contribution in [0, 0.1) is 11.7 Å². The van der Waals surface area contributed by atoms with E-state index in [1.807, 2.05) is 0 Å². The molecule has 0 radical (unpaired) electrons. The Balaban J connectivity index is 2.00. The van der Waals surface area contributed by atoms with Crippen LogP contribution in [0.3, 0.4) is 0 Å². The molecule has 2 N–H and O–H groups in total. The van der Waals surface area contributed by atoms with Gasteiger partial charge >= 0.3 is 5.97 Å². The molecule has 182 valence electrons. The van der Waals surface area contributed by atoms with Crippen LogP contribution in [0.15, 0.2) is 47.6 Å². The van der Waals surface area contributed by atoms with Gasteiger partial charge in [-0.2, -0.15) is 5.10 Å². The molecule has 0 spiro atoms. The molecule has 0 aromatic heterocycles. The van der Waals surface area contributed by atoms with E-state index >= 15 is 0 Å². The lowest BCUT2D eigenvalue weighted by atomic mass is 10.0. The molecule has 0 heterocycles. The third-order valence-corrected chi connectivity index (χ3v) is 4.57. The Kier molecular flexibility index (Phi) is 10.0. The second-order valence-corrected chi connectivity index (χ2v) is 7.44. The first-order valence-corrected chi connectivity index (χ1v) is 10.6. The topological polar surface area (TPSA) is 115 Å². The normalized spacial score (nSPS) is 11.7. The van der Waals surface area contributed by atoms with E-state index in [1.165, 1.54) is 37.6 Å². The molecule has 0 fully saturated rings. The lowest BCUT2D eigenvalue weighted by Crippen LogP contribution is -2.48. The monoisotopic (exact) mass is 473 g/mol. The first-order chi connectivity index (χ1) is 16.2. The number of hydrazone groups is 1. The molecule has 2 rings (SSSR count). The van der Waals surface area contributed by atoms with Gasteiger partial charge in [-0.1, -0.05) is 13.8 Å². The Morgan fingerprint density at radius 2 is 1.79 bits per heavy atom. The fourth-order valence-electron chi connectivity index (χ4n) is 2.82. The van der Waals surface area contributed by atoms with Gasteiger partial charge in [0.05, 0.1) is 19.9 Å². The Hall–Kier alpha value is -3.95. The van der Waals surface area contributed by atoms with Crippen molar-refractivity contribution in [2.45, 2.75) is 26.8 Å². The van der Waals surface area contributed by atoms with Crippen molar-refractivity contribution in [1.29, 1.82) is 0 Å². The minimum atomic E-state index is -0.858. The first kappa shape index (κ1) is 26.3. The quantitative estimate of drug-likeness (QED) is 0.295. The summed E-state index contributed by atoms with van der Waals surface area (Å²) in [7, 11) is 1.45. The lowest BCUT2D eigenvalue weighted by molar-refractivity contribution is -0.145. The van der Waals surface area contributed by atoms with Crippen molar-refractivity contribution in [3.05, 3.63) is 59.4 Å². The number of carbonyl (C=O) groups is 3. The molecule has 0 saturated carbocycles. The first-order valence-electron chi connectivity index (χ1n) is 10.6. The van der Waals surface area contributed by atoms with Crippen LogP contribution in [-0.4, -0.2) is 50.4 Å². The maximum atomic E-state index is 13.1. The number of nitrogens with one attached hydrogen (secondary N) is 2. The van der Waals surface area contributed by atoms with E-state index in [4.69, 9.17) is 14.2 Å². The molecule has 9 nitrogen and oxygen atoms in total. The van der Waals surface area contributed by atoms with Gasteiger partial charge in [-0.3, -0.25) is 9.59 Å². The number of carbonyl (C=O) groups excluding carboxylic acids is 3. The second kappa shape index (κ2) is 12.9. The highest BCUT2D eigenvalue weighted by Crippen LogP contribution is 2.27. The van der Waals surface area contributed by atoms with E-state index in [-0.39, 0.29) is 24.7 Å². The minimum Gasteiger partial charge on any atom is -0.493 e. The van der Waals surface area contributed by atoms with Crippen LogP contribution in [0.4, 0.5) is 4.39 Å². The van der Waals surface area contributed by atoms with Crippen molar-refractivity contribution in [2.24, 2.45) is 11.0 Å². The van der Waals surface area contributed by atoms with Gasteiger partial charge in [0.1, 0.15) is 11.9 Å². The third-order valence-electron chi connectivity index (χ3n) is 4.57. The largest absolute Gasteiger partial charge is 0.493 e. The predicted octanol–water partition coefficient (Wildman–Crippen LogP) is 2.68. The molecule has 2 amide bonds. The van der Waals surface area contributed by atoms with Crippen molar-refractivity contribution in [3.63, 3.8) is 0 Å². The second-order valence-electron chi connectivity index (χ2n) is 7.44. The molecule has 10 heteroatoms. The van der Waals surface area contributed by atoms with E-state index in [0.717, 1.165) is 0 Å². The summed E-state index contributed by atoms with van der Waals surface area (Å²) < 4.78 is 28.6. The highest BCUT2D eigenvalue weighted by atomic mass is 19.1. The highest BCUT2D eigenvalue weighted by molar-refractivity contribution is 5.97. The van der Waals surface area contributed by atoms with Gasteiger partial charge in [0.2, 0.25) is 0 Å². The Morgan fingerprint density at radius 1 is 1.09 bits per heavy atom. The van der Waals surface area contributed by atoms with Crippen molar-refractivity contribution < 1.29 is 33.0 Å². The molecule has 0 aliphatic carbocycles. The number of halogens is 1. The number of rotatable bonds is 11. The molecule has 34 heavy (non-hydrogen) atoms. The highest BCUT2D eigenvalue weighted by Gasteiger charge is 2.24. The zero-order valence-corrected chi connectivity index (χ0v) is 19.5. The molecule has 0 aliphatic heterocycles. The summed E-state index contributed by atoms with van der Waals surface area (Å²) in [5.74, 6) is -1.48. The van der Waals surface area contributed by atoms with E-state index in [2.05, 4.69) is 15.8 Å². The van der Waals surface area contributed by atoms with Crippen molar-refractivity contribution in [1.82, 2.24) is 10.7 Å². The number of ether oxygens (including phenoxy) is 3. The van der Waals surface area contributed by atoms with E-state index in [1.54, 1.807) is 39.0 Å². The van der Waals surface area contributed by atoms with Crippen molar-refractivity contribution >= 4 is 24.0 Å². The molecular weight excluding hydrogens is 445 g/mol. The van der Waals surface area contributed by atoms with Crippen LogP contribution in [-0.2, 0) is 14.3 Å². The molecule has 1 unspecified atom stereocenters. The number of hydrogen-bond acceptors (Lipinski definition) is 7. The zero-order valence-electron chi connectivity index (χ0n) is 19.5. The SMILES string of the molecule is CCOC(=O)COc1ccc(C=NNC(=O)C(NC(=O)c2ccc(F)cc2)C(C)C)cc1OC. The molecule has 1 atom stereocenters. The summed E-state index contributed by atoms with van der Waals surface area (Å²) in [5, 5.41) is 6.58. The Labute approximate surface area is 197 Å². The summed E-state index contributed by atoms with van der Waals surface area (Å²) in [6.07, 6.45) is 1.40. The van der Waals surface area contributed by atoms with Crippen LogP contribution < -0.4 is 20.2 Å². The average molecular weight is 474 g/mol. The minimum absolute atomic E-state index is 0.226. The van der Waals surface area contributed by atoms with Gasteiger partial charge in [-0.05, 0) is 60.9 Å². The molecule has 0 saturated heterocycles. The summed E-state index contributed by atoms with van der Waals surface area (Å²) in [5.41, 5.74) is 3.24. The van der Waals surface area contributed by atoms with E-state index in [0.29, 0.717) is 17.1 Å². The number of esters is 1. The predicted molar refractivity (Wildman–Crippen MR) is 123 cm³/mol. The van der Waals surface area contributed by atoms with Crippen molar-refractivity contribution in [2.75, 3.05) is 20.3 Å². The standard InChI is InChI=1S/C24H28FN3O6/c1-5-33-21(29)14-34-19-11-6-16(12-20(19)32-4)13-26-28-24(31)22(15(2)3)27-23(30)17-7-9-18(25)10-8-17/h6-13,15,22H,5,14H2,1-4H3,(H,27,30)(H,28,31). The van der Waals surface area contributed by atoms with Gasteiger partial charge in [0.15, 0.2) is 18.1 Å². The van der Waals surface area contributed by atoms with Gasteiger partial charge in [0.25, 0.3) is 11.8 Å². The number of hydrogen-bond donors (Lipinski definition) is 2. The summed E-state index contributed by atoms with van der Waals surface area (Å²) >= 11 is 0. The average Bonchev–Trinajstić information content (AvgIpc) is 2.81. The van der Waals surface area contributed by atoms with Gasteiger partial charge in [0, 0.05) is 5.56 Å². The number of benzene rings is 2. The zero-order chi connectivity index (χ0) is 25.1. The summed E-state index contributed by atoms with van der Waals surface area (Å²) in [6.45, 7) is 5.26. The summed E-state index contributed by atoms with van der Waals surface area (Å²) in [4.78, 5) is 36.4. The van der Waals surface area contributed by atoms with E-state index in [9.17, 15) is 18.8 Å². The molecule has 0 aliphatic rings. The molecule has 2 aromatic carbocycles. The van der Waals surface area contributed by atoms with E-state index < -0.39 is 29.6 Å². The number of amides is 2. The fourth-order valence-corrected chi connectivity index (χ4v) is 2.82. The number of methoxy groups -OCH3 is 1. The molecule has 0 bridgehead atoms. The van der Waals surface area contributed by atoms with Gasteiger partial charge in [-0.25, -0.2) is 14.6 Å². The Morgan fingerprint density at radius 3 is 2.41 bits per heavy atom. The molecule has 2 aromatic rings. The van der Waals surface area contributed by atoms with Crippen LogP contribution in [0.5, 0.6) is 11.5 Å².